The third-order valence-corrected chi connectivity index (χ3v) is 4.48. The molecule has 0 saturated carbocycles. The average molecular weight is 383 g/mol. The van der Waals surface area contributed by atoms with Crippen LogP contribution in [0.3, 0.4) is 0 Å². The lowest BCUT2D eigenvalue weighted by atomic mass is 10.0. The molecule has 3 rings (SSSR count). The molecule has 0 bridgehead atoms. The largest absolute Gasteiger partial charge is 0.416 e. The lowest BCUT2D eigenvalue weighted by Crippen LogP contribution is -2.43. The quantitative estimate of drug-likeness (QED) is 0.761. The number of nitrogens with one attached hydrogen (secondary N) is 1. The van der Waals surface area contributed by atoms with Crippen LogP contribution in [0.15, 0.2) is 42.5 Å². The van der Waals surface area contributed by atoms with Gasteiger partial charge in [0.2, 0.25) is 0 Å². The van der Waals surface area contributed by atoms with Gasteiger partial charge in [0.1, 0.15) is 5.82 Å². The van der Waals surface area contributed by atoms with Crippen molar-refractivity contribution < 1.29 is 27.0 Å². The van der Waals surface area contributed by atoms with Gasteiger partial charge in [0.05, 0.1) is 24.3 Å². The van der Waals surface area contributed by atoms with Gasteiger partial charge in [-0.3, -0.25) is 0 Å². The Bertz CT molecular complexity index is 777. The fourth-order valence-electron chi connectivity index (χ4n) is 3.14. The number of ether oxygens (including phenoxy) is 2. The number of benzene rings is 2. The molecule has 146 valence electrons. The summed E-state index contributed by atoms with van der Waals surface area (Å²) in [5.74, 6) is -0.347. The Labute approximate surface area is 155 Å². The van der Waals surface area contributed by atoms with E-state index in [1.807, 2.05) is 0 Å². The Balaban J connectivity index is 1.80. The van der Waals surface area contributed by atoms with Crippen LogP contribution in [0.5, 0.6) is 0 Å². The van der Waals surface area contributed by atoms with E-state index in [9.17, 15) is 17.6 Å². The van der Waals surface area contributed by atoms with Crippen LogP contribution >= 0.6 is 0 Å². The second kappa shape index (κ2) is 7.96. The van der Waals surface area contributed by atoms with E-state index in [1.54, 1.807) is 32.0 Å². The fourth-order valence-corrected chi connectivity index (χ4v) is 3.14. The molecule has 7 heteroatoms. The number of aryl methyl sites for hydroxylation is 1. The third kappa shape index (κ3) is 4.86. The van der Waals surface area contributed by atoms with Gasteiger partial charge in [0.25, 0.3) is 0 Å². The molecule has 2 aromatic rings. The minimum absolute atomic E-state index is 0.339. The van der Waals surface area contributed by atoms with Crippen molar-refractivity contribution in [1.29, 1.82) is 0 Å². The van der Waals surface area contributed by atoms with E-state index < -0.39 is 24.1 Å². The molecule has 1 aliphatic heterocycles. The summed E-state index contributed by atoms with van der Waals surface area (Å²) in [7, 11) is 0. The summed E-state index contributed by atoms with van der Waals surface area (Å²) < 4.78 is 64.1. The molecule has 3 nitrogen and oxygen atoms in total. The highest BCUT2D eigenvalue weighted by Gasteiger charge is 2.33. The Morgan fingerprint density at radius 1 is 1.15 bits per heavy atom. The maximum atomic E-state index is 13.2. The van der Waals surface area contributed by atoms with Crippen molar-refractivity contribution in [3.63, 3.8) is 0 Å². The minimum atomic E-state index is -4.42. The highest BCUT2D eigenvalue weighted by atomic mass is 19.4. The van der Waals surface area contributed by atoms with Gasteiger partial charge in [-0.2, -0.15) is 13.2 Å². The van der Waals surface area contributed by atoms with Crippen LogP contribution in [0.4, 0.5) is 17.6 Å². The molecule has 2 aromatic carbocycles. The summed E-state index contributed by atoms with van der Waals surface area (Å²) in [6.45, 7) is 4.32. The topological polar surface area (TPSA) is 30.5 Å². The van der Waals surface area contributed by atoms with E-state index in [1.165, 1.54) is 12.1 Å². The molecule has 0 amide bonds. The van der Waals surface area contributed by atoms with Gasteiger partial charge in [-0.15, -0.1) is 0 Å². The Morgan fingerprint density at radius 3 is 2.52 bits per heavy atom. The fraction of sp³-hybridized carbons (Fsp3) is 0.400. The van der Waals surface area contributed by atoms with Crippen LogP contribution in [0.25, 0.3) is 0 Å². The van der Waals surface area contributed by atoms with E-state index in [0.29, 0.717) is 24.3 Å². The molecule has 0 aromatic heterocycles. The zero-order chi connectivity index (χ0) is 19.6. The highest BCUT2D eigenvalue weighted by molar-refractivity contribution is 5.32. The zero-order valence-corrected chi connectivity index (χ0v) is 15.0. The number of halogens is 4. The van der Waals surface area contributed by atoms with Crippen molar-refractivity contribution in [2.24, 2.45) is 0 Å². The molecule has 1 saturated heterocycles. The predicted octanol–water partition coefficient (Wildman–Crippen LogP) is 4.92. The molecular weight excluding hydrogens is 362 g/mol. The minimum Gasteiger partial charge on any atom is -0.349 e. The van der Waals surface area contributed by atoms with Crippen LogP contribution in [0.1, 0.15) is 41.3 Å². The first-order valence-electron chi connectivity index (χ1n) is 8.69. The number of morpholine rings is 1. The monoisotopic (exact) mass is 383 g/mol. The standard InChI is InChI=1S/C20H21F4NO2/c1-12-9-15(11-16(10-12)20(22,23)24)13(2)27-19-18(25-7-8-26-19)14-3-5-17(21)6-4-14/h3-6,9-11,13,18-19,25H,7-8H2,1-2H3. The number of alkyl halides is 3. The molecule has 1 N–H and O–H groups in total. The van der Waals surface area contributed by atoms with E-state index in [2.05, 4.69) is 5.32 Å². The highest BCUT2D eigenvalue weighted by Crippen LogP contribution is 2.34. The van der Waals surface area contributed by atoms with Crippen LogP contribution in [0.2, 0.25) is 0 Å². The summed E-state index contributed by atoms with van der Waals surface area (Å²) in [6.07, 6.45) is -5.73. The SMILES string of the molecule is Cc1cc(C(C)OC2OCCNC2c2ccc(F)cc2)cc(C(F)(F)F)c1. The zero-order valence-electron chi connectivity index (χ0n) is 15.0. The Morgan fingerprint density at radius 2 is 1.85 bits per heavy atom. The van der Waals surface area contributed by atoms with Crippen molar-refractivity contribution >= 4 is 0 Å². The van der Waals surface area contributed by atoms with E-state index in [-0.39, 0.29) is 11.9 Å². The van der Waals surface area contributed by atoms with E-state index in [4.69, 9.17) is 9.47 Å². The molecule has 0 radical (unpaired) electrons. The molecule has 27 heavy (non-hydrogen) atoms. The summed E-state index contributed by atoms with van der Waals surface area (Å²) in [4.78, 5) is 0. The first-order valence-corrected chi connectivity index (χ1v) is 8.69. The maximum Gasteiger partial charge on any atom is 0.416 e. The van der Waals surface area contributed by atoms with Crippen molar-refractivity contribution in [2.75, 3.05) is 13.2 Å². The summed E-state index contributed by atoms with van der Waals surface area (Å²) >= 11 is 0. The lowest BCUT2D eigenvalue weighted by molar-refractivity contribution is -0.200. The van der Waals surface area contributed by atoms with Gasteiger partial charge in [0.15, 0.2) is 6.29 Å². The molecule has 1 heterocycles. The second-order valence-corrected chi connectivity index (χ2v) is 6.63. The number of hydrogen-bond donors (Lipinski definition) is 1. The van der Waals surface area contributed by atoms with Gasteiger partial charge >= 0.3 is 6.18 Å². The average Bonchev–Trinajstić information content (AvgIpc) is 2.62. The third-order valence-electron chi connectivity index (χ3n) is 4.48. The predicted molar refractivity (Wildman–Crippen MR) is 92.6 cm³/mol. The maximum absolute atomic E-state index is 13.2. The smallest absolute Gasteiger partial charge is 0.349 e. The number of rotatable bonds is 4. The van der Waals surface area contributed by atoms with Crippen molar-refractivity contribution in [2.45, 2.75) is 38.5 Å². The summed E-state index contributed by atoms with van der Waals surface area (Å²) in [5, 5.41) is 3.26. The van der Waals surface area contributed by atoms with E-state index >= 15 is 0 Å². The Hall–Kier alpha value is -1.96. The van der Waals surface area contributed by atoms with Gasteiger partial charge in [-0.1, -0.05) is 23.8 Å². The molecule has 1 aliphatic rings. The molecule has 3 atom stereocenters. The van der Waals surface area contributed by atoms with Crippen molar-refractivity contribution in [3.8, 4) is 0 Å². The van der Waals surface area contributed by atoms with Crippen LogP contribution in [-0.2, 0) is 15.7 Å². The first kappa shape index (κ1) is 19.8. The van der Waals surface area contributed by atoms with Crippen molar-refractivity contribution in [1.82, 2.24) is 5.32 Å². The Kier molecular flexibility index (Phi) is 5.83. The van der Waals surface area contributed by atoms with Gasteiger partial charge in [0, 0.05) is 6.54 Å². The van der Waals surface area contributed by atoms with Gasteiger partial charge in [-0.25, -0.2) is 4.39 Å². The second-order valence-electron chi connectivity index (χ2n) is 6.63. The molecule has 1 fully saturated rings. The van der Waals surface area contributed by atoms with E-state index in [0.717, 1.165) is 17.7 Å². The van der Waals surface area contributed by atoms with Crippen LogP contribution in [0, 0.1) is 12.7 Å². The van der Waals surface area contributed by atoms with Crippen molar-refractivity contribution in [3.05, 3.63) is 70.5 Å². The molecule has 0 aliphatic carbocycles. The van der Waals surface area contributed by atoms with Crippen LogP contribution in [-0.4, -0.2) is 19.4 Å². The normalized spacial score (nSPS) is 21.9. The molecule has 3 unspecified atom stereocenters. The van der Waals surface area contributed by atoms with Gasteiger partial charge < -0.3 is 14.8 Å². The van der Waals surface area contributed by atoms with Gasteiger partial charge in [-0.05, 0) is 49.2 Å². The summed E-state index contributed by atoms with van der Waals surface area (Å²) in [6, 6.07) is 9.51. The molecule has 0 spiro atoms. The first-order chi connectivity index (χ1) is 12.7. The van der Waals surface area contributed by atoms with Crippen LogP contribution < -0.4 is 5.32 Å². The summed E-state index contributed by atoms with van der Waals surface area (Å²) in [5.41, 5.74) is 1.02. The molecular formula is C20H21F4NO2. The number of hydrogen-bond acceptors (Lipinski definition) is 3. The lowest BCUT2D eigenvalue weighted by Gasteiger charge is -2.34.